The van der Waals surface area contributed by atoms with Gasteiger partial charge in [0.1, 0.15) is 5.60 Å². The minimum atomic E-state index is -0.540. The van der Waals surface area contributed by atoms with E-state index in [2.05, 4.69) is 9.55 Å². The third-order valence-electron chi connectivity index (χ3n) is 6.87. The van der Waals surface area contributed by atoms with E-state index >= 15 is 0 Å². The Morgan fingerprint density at radius 2 is 1.66 bits per heavy atom. The van der Waals surface area contributed by atoms with Crippen LogP contribution in [0.1, 0.15) is 63.0 Å². The second kappa shape index (κ2) is 10.8. The number of hydrogen-bond donors (Lipinski definition) is 0. The molecule has 2 aliphatic rings. The SMILES string of the molecule is COC[C@@H]1CCCC[C@H]1n1cnc(C(=O)N2CCN(C(=O)OC(C)(C)C)CC2)c1-c1ccccc1. The first kappa shape index (κ1) is 25.2. The van der Waals surface area contributed by atoms with Crippen LogP contribution in [0.25, 0.3) is 11.3 Å². The Morgan fingerprint density at radius 1 is 1.00 bits per heavy atom. The molecule has 8 nitrogen and oxygen atoms in total. The van der Waals surface area contributed by atoms with E-state index in [1.54, 1.807) is 16.9 Å². The summed E-state index contributed by atoms with van der Waals surface area (Å²) in [5.41, 5.74) is 1.80. The van der Waals surface area contributed by atoms with Crippen LogP contribution in [-0.2, 0) is 9.47 Å². The molecule has 2 fully saturated rings. The molecule has 0 spiro atoms. The van der Waals surface area contributed by atoms with Gasteiger partial charge >= 0.3 is 6.09 Å². The predicted octanol–water partition coefficient (Wildman–Crippen LogP) is 4.62. The highest BCUT2D eigenvalue weighted by molar-refractivity contribution is 5.98. The topological polar surface area (TPSA) is 76.9 Å². The number of methoxy groups -OCH3 is 1. The van der Waals surface area contributed by atoms with Crippen molar-refractivity contribution in [3.63, 3.8) is 0 Å². The summed E-state index contributed by atoms with van der Waals surface area (Å²) in [5.74, 6) is 0.302. The molecule has 1 saturated heterocycles. The summed E-state index contributed by atoms with van der Waals surface area (Å²) in [5, 5.41) is 0. The quantitative estimate of drug-likeness (QED) is 0.622. The molecule has 2 heterocycles. The first-order chi connectivity index (χ1) is 16.8. The van der Waals surface area contributed by atoms with Crippen LogP contribution >= 0.6 is 0 Å². The Morgan fingerprint density at radius 3 is 2.31 bits per heavy atom. The van der Waals surface area contributed by atoms with Crippen molar-refractivity contribution in [1.82, 2.24) is 19.4 Å². The lowest BCUT2D eigenvalue weighted by molar-refractivity contribution is 0.0140. The molecule has 0 radical (unpaired) electrons. The highest BCUT2D eigenvalue weighted by atomic mass is 16.6. The molecule has 35 heavy (non-hydrogen) atoms. The number of aromatic nitrogens is 2. The molecular formula is C27H38N4O4. The lowest BCUT2D eigenvalue weighted by Crippen LogP contribution is -2.51. The van der Waals surface area contributed by atoms with Crippen LogP contribution in [0.5, 0.6) is 0 Å². The maximum absolute atomic E-state index is 13.7. The highest BCUT2D eigenvalue weighted by Gasteiger charge is 2.34. The molecule has 190 valence electrons. The van der Waals surface area contributed by atoms with Gasteiger partial charge in [0.15, 0.2) is 5.69 Å². The molecule has 1 aliphatic carbocycles. The smallest absolute Gasteiger partial charge is 0.410 e. The van der Waals surface area contributed by atoms with Crippen molar-refractivity contribution in [3.05, 3.63) is 42.4 Å². The molecule has 0 unspecified atom stereocenters. The number of imidazole rings is 1. The fraction of sp³-hybridized carbons (Fsp3) is 0.593. The lowest BCUT2D eigenvalue weighted by atomic mass is 9.84. The van der Waals surface area contributed by atoms with Gasteiger partial charge in [-0.1, -0.05) is 43.2 Å². The molecule has 1 aliphatic heterocycles. The average molecular weight is 483 g/mol. The van der Waals surface area contributed by atoms with Gasteiger partial charge in [-0.2, -0.15) is 0 Å². The van der Waals surface area contributed by atoms with Crippen LogP contribution in [0, 0.1) is 5.92 Å². The number of carbonyl (C=O) groups excluding carboxylic acids is 2. The van der Waals surface area contributed by atoms with E-state index in [1.807, 2.05) is 57.4 Å². The summed E-state index contributed by atoms with van der Waals surface area (Å²) in [7, 11) is 1.75. The van der Waals surface area contributed by atoms with Gasteiger partial charge < -0.3 is 23.8 Å². The van der Waals surface area contributed by atoms with Crippen LogP contribution in [0.2, 0.25) is 0 Å². The predicted molar refractivity (Wildman–Crippen MR) is 134 cm³/mol. The summed E-state index contributed by atoms with van der Waals surface area (Å²) >= 11 is 0. The summed E-state index contributed by atoms with van der Waals surface area (Å²) in [6, 6.07) is 10.3. The summed E-state index contributed by atoms with van der Waals surface area (Å²) in [6.07, 6.45) is 6.03. The molecular weight excluding hydrogens is 444 g/mol. The minimum absolute atomic E-state index is 0.0921. The normalized spacial score (nSPS) is 21.1. The molecule has 1 aromatic carbocycles. The largest absolute Gasteiger partial charge is 0.444 e. The van der Waals surface area contributed by atoms with E-state index in [-0.39, 0.29) is 18.0 Å². The summed E-state index contributed by atoms with van der Waals surface area (Å²) < 4.78 is 13.2. The lowest BCUT2D eigenvalue weighted by Gasteiger charge is -2.35. The first-order valence-corrected chi connectivity index (χ1v) is 12.7. The van der Waals surface area contributed by atoms with Crippen molar-refractivity contribution in [1.29, 1.82) is 0 Å². The fourth-order valence-electron chi connectivity index (χ4n) is 5.18. The third kappa shape index (κ3) is 5.86. The third-order valence-corrected chi connectivity index (χ3v) is 6.87. The Hall–Kier alpha value is -2.87. The Bertz CT molecular complexity index is 1000. The molecule has 2 amide bonds. The van der Waals surface area contributed by atoms with Crippen LogP contribution < -0.4 is 0 Å². The van der Waals surface area contributed by atoms with Crippen LogP contribution in [0.4, 0.5) is 4.79 Å². The van der Waals surface area contributed by atoms with E-state index in [0.29, 0.717) is 44.4 Å². The number of nitrogens with zero attached hydrogens (tertiary/aromatic N) is 4. The molecule has 1 saturated carbocycles. The van der Waals surface area contributed by atoms with Crippen molar-refractivity contribution in [2.24, 2.45) is 5.92 Å². The monoisotopic (exact) mass is 482 g/mol. The molecule has 1 aromatic heterocycles. The number of benzene rings is 1. The molecule has 0 N–H and O–H groups in total. The van der Waals surface area contributed by atoms with E-state index in [1.165, 1.54) is 6.42 Å². The standard InChI is InChI=1S/C27H38N4O4/c1-27(2,3)35-26(33)30-16-14-29(15-17-30)25(32)23-24(20-10-6-5-7-11-20)31(19-28-23)22-13-9-8-12-21(22)18-34-4/h5-7,10-11,19,21-22H,8-9,12-18H2,1-4H3/t21-,22+/m0/s1. The van der Waals surface area contributed by atoms with E-state index in [4.69, 9.17) is 9.47 Å². The molecule has 2 aromatic rings. The van der Waals surface area contributed by atoms with Gasteiger partial charge in [-0.3, -0.25) is 4.79 Å². The van der Waals surface area contributed by atoms with Crippen molar-refractivity contribution < 1.29 is 19.1 Å². The van der Waals surface area contributed by atoms with Crippen molar-refractivity contribution in [2.45, 2.75) is 58.1 Å². The van der Waals surface area contributed by atoms with E-state index in [9.17, 15) is 9.59 Å². The van der Waals surface area contributed by atoms with Gasteiger partial charge in [0.2, 0.25) is 0 Å². The Kier molecular flexibility index (Phi) is 7.79. The number of hydrogen-bond acceptors (Lipinski definition) is 5. The maximum Gasteiger partial charge on any atom is 0.410 e. The van der Waals surface area contributed by atoms with Crippen molar-refractivity contribution >= 4 is 12.0 Å². The van der Waals surface area contributed by atoms with Crippen molar-refractivity contribution in [2.75, 3.05) is 39.9 Å². The van der Waals surface area contributed by atoms with E-state index in [0.717, 1.165) is 30.5 Å². The van der Waals surface area contributed by atoms with Crippen LogP contribution in [-0.4, -0.2) is 76.8 Å². The minimum Gasteiger partial charge on any atom is -0.444 e. The Balaban J connectivity index is 1.57. The zero-order chi connectivity index (χ0) is 25.0. The van der Waals surface area contributed by atoms with Gasteiger partial charge in [0.25, 0.3) is 5.91 Å². The van der Waals surface area contributed by atoms with Crippen LogP contribution in [0.15, 0.2) is 36.7 Å². The second-order valence-corrected chi connectivity index (χ2v) is 10.5. The Labute approximate surface area is 208 Å². The summed E-state index contributed by atoms with van der Waals surface area (Å²) in [6.45, 7) is 8.07. The molecule has 8 heteroatoms. The number of carbonyl (C=O) groups is 2. The molecule has 2 atom stereocenters. The number of amides is 2. The van der Waals surface area contributed by atoms with Gasteiger partial charge in [0.05, 0.1) is 18.6 Å². The van der Waals surface area contributed by atoms with Crippen molar-refractivity contribution in [3.8, 4) is 11.3 Å². The second-order valence-electron chi connectivity index (χ2n) is 10.5. The zero-order valence-corrected chi connectivity index (χ0v) is 21.4. The van der Waals surface area contributed by atoms with E-state index < -0.39 is 5.60 Å². The molecule has 0 bridgehead atoms. The number of rotatable bonds is 5. The van der Waals surface area contributed by atoms with Gasteiger partial charge in [0, 0.05) is 50.8 Å². The molecule has 4 rings (SSSR count). The number of piperazine rings is 1. The van der Waals surface area contributed by atoms with Gasteiger partial charge in [-0.25, -0.2) is 9.78 Å². The maximum atomic E-state index is 13.7. The first-order valence-electron chi connectivity index (χ1n) is 12.7. The zero-order valence-electron chi connectivity index (χ0n) is 21.4. The summed E-state index contributed by atoms with van der Waals surface area (Å²) in [4.78, 5) is 34.3. The van der Waals surface area contributed by atoms with Gasteiger partial charge in [-0.15, -0.1) is 0 Å². The van der Waals surface area contributed by atoms with Gasteiger partial charge in [-0.05, 0) is 33.6 Å². The van der Waals surface area contributed by atoms with Crippen LogP contribution in [0.3, 0.4) is 0 Å². The number of ether oxygens (including phenoxy) is 2. The average Bonchev–Trinajstić information content (AvgIpc) is 3.29. The highest BCUT2D eigenvalue weighted by Crippen LogP contribution is 2.38. The fourth-order valence-corrected chi connectivity index (χ4v) is 5.18.